The Kier molecular flexibility index (Phi) is 6.21. The summed E-state index contributed by atoms with van der Waals surface area (Å²) in [5, 5.41) is 0.595. The van der Waals surface area contributed by atoms with Crippen LogP contribution in [0, 0.1) is 5.82 Å². The lowest BCUT2D eigenvalue weighted by molar-refractivity contribution is 0.0979. The van der Waals surface area contributed by atoms with E-state index in [9.17, 15) is 9.18 Å². The zero-order chi connectivity index (χ0) is 22.5. The Bertz CT molecular complexity index is 1260. The molecule has 0 aliphatic carbocycles. The minimum atomic E-state index is -0.321. The highest BCUT2D eigenvalue weighted by atomic mass is 19.1. The molecule has 0 aliphatic heterocycles. The molecule has 4 aromatic rings. The lowest BCUT2D eigenvalue weighted by Crippen LogP contribution is -2.09. The molecule has 0 aliphatic rings. The van der Waals surface area contributed by atoms with Crippen molar-refractivity contribution in [3.63, 3.8) is 0 Å². The lowest BCUT2D eigenvalue weighted by Gasteiger charge is -2.09. The minimum Gasteiger partial charge on any atom is -0.494 e. The molecular formula is C24H21FN4O3. The number of carbonyl (C=O) groups excluding carboxylic acids is 1. The molecule has 0 spiro atoms. The summed E-state index contributed by atoms with van der Waals surface area (Å²) >= 11 is 0. The van der Waals surface area contributed by atoms with Gasteiger partial charge in [-0.15, -0.1) is 0 Å². The van der Waals surface area contributed by atoms with Gasteiger partial charge in [-0.25, -0.2) is 14.4 Å². The number of para-hydroxylation sites is 1. The van der Waals surface area contributed by atoms with Crippen molar-refractivity contribution in [3.8, 4) is 11.5 Å². The first-order chi connectivity index (χ1) is 15.5. The predicted molar refractivity (Wildman–Crippen MR) is 118 cm³/mol. The van der Waals surface area contributed by atoms with E-state index < -0.39 is 0 Å². The number of nitrogens with two attached hydrogens (primary N) is 1. The number of fused-ring (bicyclic) bond motifs is 1. The molecule has 0 saturated heterocycles. The Morgan fingerprint density at radius 1 is 0.969 bits per heavy atom. The number of carbonyl (C=O) groups is 1. The number of methoxy groups -OCH3 is 1. The first kappa shape index (κ1) is 21.2. The number of aromatic nitrogens is 3. The van der Waals surface area contributed by atoms with Gasteiger partial charge in [-0.3, -0.25) is 9.78 Å². The summed E-state index contributed by atoms with van der Waals surface area (Å²) in [4.78, 5) is 25.9. The molecule has 0 bridgehead atoms. The van der Waals surface area contributed by atoms with E-state index >= 15 is 0 Å². The maximum absolute atomic E-state index is 13.0. The highest BCUT2D eigenvalue weighted by Crippen LogP contribution is 2.27. The zero-order valence-electron chi connectivity index (χ0n) is 17.4. The molecule has 0 atom stereocenters. The maximum Gasteiger partial charge on any atom is 0.221 e. The Hall–Kier alpha value is -4.07. The van der Waals surface area contributed by atoms with Gasteiger partial charge in [-0.05, 0) is 48.9 Å². The number of Topliss-reactive ketones (excluding diaryl/α,β-unsaturated/α-hetero) is 1. The van der Waals surface area contributed by atoms with Crippen LogP contribution in [0.2, 0.25) is 0 Å². The number of hydrogen-bond donors (Lipinski definition) is 1. The fourth-order valence-electron chi connectivity index (χ4n) is 3.32. The van der Waals surface area contributed by atoms with Crippen molar-refractivity contribution in [2.24, 2.45) is 0 Å². The van der Waals surface area contributed by atoms with E-state index in [1.165, 1.54) is 19.2 Å². The van der Waals surface area contributed by atoms with Gasteiger partial charge in [0.2, 0.25) is 5.95 Å². The molecule has 0 radical (unpaired) electrons. The van der Waals surface area contributed by atoms with Gasteiger partial charge in [-0.2, -0.15) is 0 Å². The maximum atomic E-state index is 13.0. The van der Waals surface area contributed by atoms with Gasteiger partial charge >= 0.3 is 0 Å². The molecule has 2 aromatic carbocycles. The van der Waals surface area contributed by atoms with Gasteiger partial charge < -0.3 is 15.2 Å². The topological polar surface area (TPSA) is 100 Å². The fraction of sp³-hybridized carbons (Fsp3) is 0.167. The summed E-state index contributed by atoms with van der Waals surface area (Å²) < 4.78 is 24.0. The molecule has 0 unspecified atom stereocenters. The average molecular weight is 432 g/mol. The van der Waals surface area contributed by atoms with Crippen molar-refractivity contribution in [2.75, 3.05) is 12.8 Å². The molecule has 2 heterocycles. The largest absolute Gasteiger partial charge is 0.494 e. The van der Waals surface area contributed by atoms with E-state index in [0.717, 1.165) is 5.69 Å². The third kappa shape index (κ3) is 4.80. The van der Waals surface area contributed by atoms with E-state index in [-0.39, 0.29) is 36.3 Å². The Labute approximate surface area is 184 Å². The summed E-state index contributed by atoms with van der Waals surface area (Å²) in [6.45, 7) is 0.236. The monoisotopic (exact) mass is 432 g/mol. The second kappa shape index (κ2) is 9.38. The molecule has 2 aromatic heterocycles. The number of ether oxygens (including phenoxy) is 2. The van der Waals surface area contributed by atoms with E-state index in [4.69, 9.17) is 15.2 Å². The van der Waals surface area contributed by atoms with Gasteiger partial charge in [0.05, 0.1) is 12.8 Å². The normalized spacial score (nSPS) is 10.8. The number of nitrogen functional groups attached to an aromatic ring is 1. The quantitative estimate of drug-likeness (QED) is 0.418. The van der Waals surface area contributed by atoms with E-state index in [1.54, 1.807) is 30.3 Å². The van der Waals surface area contributed by atoms with Crippen LogP contribution in [-0.2, 0) is 13.0 Å². The van der Waals surface area contributed by atoms with Crippen LogP contribution in [0.1, 0.15) is 28.3 Å². The van der Waals surface area contributed by atoms with Crippen LogP contribution in [0.5, 0.6) is 11.5 Å². The summed E-state index contributed by atoms with van der Waals surface area (Å²) in [6, 6.07) is 16.7. The third-order valence-electron chi connectivity index (χ3n) is 4.86. The zero-order valence-corrected chi connectivity index (χ0v) is 17.4. The number of aryl methyl sites for hydroxylation is 1. The van der Waals surface area contributed by atoms with Crippen molar-refractivity contribution in [1.29, 1.82) is 0 Å². The van der Waals surface area contributed by atoms with Crippen molar-refractivity contribution in [1.82, 2.24) is 15.0 Å². The van der Waals surface area contributed by atoms with Crippen LogP contribution >= 0.6 is 0 Å². The lowest BCUT2D eigenvalue weighted by atomic mass is 10.1. The van der Waals surface area contributed by atoms with Gasteiger partial charge in [-0.1, -0.05) is 18.2 Å². The molecule has 0 amide bonds. The van der Waals surface area contributed by atoms with Crippen molar-refractivity contribution < 1.29 is 18.7 Å². The average Bonchev–Trinajstić information content (AvgIpc) is 2.81. The van der Waals surface area contributed by atoms with Crippen LogP contribution in [0.25, 0.3) is 10.9 Å². The summed E-state index contributed by atoms with van der Waals surface area (Å²) in [7, 11) is 1.53. The van der Waals surface area contributed by atoms with Gasteiger partial charge in [0.1, 0.15) is 35.1 Å². The number of anilines is 1. The van der Waals surface area contributed by atoms with Crippen molar-refractivity contribution >= 4 is 22.6 Å². The smallest absolute Gasteiger partial charge is 0.221 e. The molecule has 0 saturated carbocycles. The number of halogens is 1. The van der Waals surface area contributed by atoms with Crippen LogP contribution in [0.3, 0.4) is 0 Å². The van der Waals surface area contributed by atoms with Crippen LogP contribution < -0.4 is 15.2 Å². The number of ketones is 1. The Morgan fingerprint density at radius 3 is 2.50 bits per heavy atom. The van der Waals surface area contributed by atoms with E-state index in [2.05, 4.69) is 15.0 Å². The van der Waals surface area contributed by atoms with Crippen molar-refractivity contribution in [2.45, 2.75) is 19.4 Å². The summed E-state index contributed by atoms with van der Waals surface area (Å²) in [5.74, 6) is 0.618. The SMILES string of the molecule is COc1cccc2c(C(=O)CCc3cccc(COc4ccc(F)cc4)n3)nc(N)nc12. The summed E-state index contributed by atoms with van der Waals surface area (Å²) in [6.07, 6.45) is 0.636. The van der Waals surface area contributed by atoms with Crippen molar-refractivity contribution in [3.05, 3.63) is 83.6 Å². The second-order valence-electron chi connectivity index (χ2n) is 7.07. The minimum absolute atomic E-state index is 0.0171. The Morgan fingerprint density at radius 2 is 1.72 bits per heavy atom. The van der Waals surface area contributed by atoms with Crippen LogP contribution in [-0.4, -0.2) is 27.8 Å². The number of nitrogens with zero attached hydrogens (tertiary/aromatic N) is 3. The van der Waals surface area contributed by atoms with Crippen LogP contribution in [0.15, 0.2) is 60.7 Å². The van der Waals surface area contributed by atoms with E-state index in [0.29, 0.717) is 34.5 Å². The highest BCUT2D eigenvalue weighted by molar-refractivity contribution is 6.07. The van der Waals surface area contributed by atoms with Gasteiger partial charge in [0.25, 0.3) is 0 Å². The molecule has 32 heavy (non-hydrogen) atoms. The molecule has 8 heteroatoms. The van der Waals surface area contributed by atoms with Gasteiger partial charge in [0, 0.05) is 17.5 Å². The fourth-order valence-corrected chi connectivity index (χ4v) is 3.32. The number of pyridine rings is 1. The third-order valence-corrected chi connectivity index (χ3v) is 4.86. The number of hydrogen-bond acceptors (Lipinski definition) is 7. The van der Waals surface area contributed by atoms with E-state index in [1.807, 2.05) is 18.2 Å². The van der Waals surface area contributed by atoms with Crippen LogP contribution in [0.4, 0.5) is 10.3 Å². The molecule has 0 fully saturated rings. The summed E-state index contributed by atoms with van der Waals surface area (Å²) in [5.41, 5.74) is 8.06. The highest BCUT2D eigenvalue weighted by Gasteiger charge is 2.17. The standard InChI is InChI=1S/C24H21FN4O3/c1-31-21-7-3-6-19-22(28-24(26)29-23(19)21)20(30)13-10-16-4-2-5-17(27-16)14-32-18-11-8-15(25)9-12-18/h2-9,11-12H,10,13-14H2,1H3,(H2,26,28,29). The second-order valence-corrected chi connectivity index (χ2v) is 7.07. The molecule has 162 valence electrons. The Balaban J connectivity index is 1.45. The number of benzene rings is 2. The predicted octanol–water partition coefficient (Wildman–Crippen LogP) is 4.15. The first-order valence-corrected chi connectivity index (χ1v) is 10.00. The molecule has 4 rings (SSSR count). The molecule has 7 nitrogen and oxygen atoms in total. The molecule has 2 N–H and O–H groups in total. The molecular weight excluding hydrogens is 411 g/mol. The van der Waals surface area contributed by atoms with Gasteiger partial charge in [0.15, 0.2) is 5.78 Å². The number of rotatable bonds is 8. The first-order valence-electron chi connectivity index (χ1n) is 10.00.